The molecule has 0 spiro atoms. The van der Waals surface area contributed by atoms with E-state index >= 15 is 0 Å². The Bertz CT molecular complexity index is 1050. The lowest BCUT2D eigenvalue weighted by Crippen LogP contribution is -2.51. The lowest BCUT2D eigenvalue weighted by molar-refractivity contribution is -0.139. The number of piperazine rings is 1. The van der Waals surface area contributed by atoms with Gasteiger partial charge in [0.05, 0.1) is 5.69 Å². The summed E-state index contributed by atoms with van der Waals surface area (Å²) in [6.07, 6.45) is 1.22. The maximum atomic E-state index is 12.7. The summed E-state index contributed by atoms with van der Waals surface area (Å²) in [5.74, 6) is 0.706. The van der Waals surface area contributed by atoms with Crippen LogP contribution in [0.2, 0.25) is 0 Å². The number of hydrogen-bond acceptors (Lipinski definition) is 6. The molecule has 0 aliphatic carbocycles. The Labute approximate surface area is 173 Å². The summed E-state index contributed by atoms with van der Waals surface area (Å²) < 4.78 is 7.36. The molecule has 0 unspecified atom stereocenters. The highest BCUT2D eigenvalue weighted by Gasteiger charge is 2.26. The van der Waals surface area contributed by atoms with E-state index in [0.717, 1.165) is 24.3 Å². The van der Waals surface area contributed by atoms with E-state index in [2.05, 4.69) is 9.88 Å². The van der Waals surface area contributed by atoms with Crippen molar-refractivity contribution in [3.63, 3.8) is 0 Å². The molecule has 1 aromatic carbocycles. The molecular weight excluding hydrogens is 388 g/mol. The fourth-order valence-corrected chi connectivity index (χ4v) is 4.19. The lowest BCUT2D eigenvalue weighted by atomic mass is 10.2. The van der Waals surface area contributed by atoms with Gasteiger partial charge in [0.2, 0.25) is 0 Å². The predicted molar refractivity (Wildman–Crippen MR) is 112 cm³/mol. The standard InChI is InChI=1S/C21H24N4O3S/c1-15-3-5-18(6-4-15)28-16(2)20(27)24-9-7-23(8-10-24)14-17-13-19(26)25-11-12-29-21(25)22-17/h3-6,11-13,16H,7-10,14H2,1-2H3/t16-/m0/s1. The maximum Gasteiger partial charge on any atom is 0.263 e. The first-order chi connectivity index (χ1) is 14.0. The summed E-state index contributed by atoms with van der Waals surface area (Å²) in [6.45, 7) is 7.19. The molecule has 3 aromatic rings. The molecule has 152 valence electrons. The number of carbonyl (C=O) groups excluding carboxylic acids is 1. The largest absolute Gasteiger partial charge is 0.481 e. The van der Waals surface area contributed by atoms with E-state index in [-0.39, 0.29) is 11.5 Å². The Balaban J connectivity index is 1.31. The van der Waals surface area contributed by atoms with Crippen molar-refractivity contribution >= 4 is 22.2 Å². The van der Waals surface area contributed by atoms with Crippen LogP contribution in [0.25, 0.3) is 4.96 Å². The first kappa shape index (κ1) is 19.6. The van der Waals surface area contributed by atoms with Gasteiger partial charge >= 0.3 is 0 Å². The summed E-state index contributed by atoms with van der Waals surface area (Å²) in [4.78, 5) is 34.2. The molecule has 3 heterocycles. The summed E-state index contributed by atoms with van der Waals surface area (Å²) in [6, 6.07) is 9.31. The maximum absolute atomic E-state index is 12.7. The summed E-state index contributed by atoms with van der Waals surface area (Å²) in [5, 5.41) is 1.86. The molecule has 1 atom stereocenters. The molecule has 1 fully saturated rings. The summed E-state index contributed by atoms with van der Waals surface area (Å²) >= 11 is 1.45. The minimum absolute atomic E-state index is 0.00148. The van der Waals surface area contributed by atoms with Crippen LogP contribution >= 0.6 is 11.3 Å². The first-order valence-corrected chi connectivity index (χ1v) is 10.6. The first-order valence-electron chi connectivity index (χ1n) is 9.70. The molecule has 2 aromatic heterocycles. The van der Waals surface area contributed by atoms with Gasteiger partial charge in [0.25, 0.3) is 11.5 Å². The molecule has 0 bridgehead atoms. The van der Waals surface area contributed by atoms with E-state index < -0.39 is 6.10 Å². The fraction of sp³-hybridized carbons (Fsp3) is 0.381. The average molecular weight is 413 g/mol. The van der Waals surface area contributed by atoms with Crippen molar-refractivity contribution < 1.29 is 9.53 Å². The van der Waals surface area contributed by atoms with Gasteiger partial charge in [0.15, 0.2) is 11.1 Å². The van der Waals surface area contributed by atoms with Gasteiger partial charge < -0.3 is 9.64 Å². The smallest absolute Gasteiger partial charge is 0.263 e. The van der Waals surface area contributed by atoms with E-state index in [1.54, 1.807) is 23.6 Å². The van der Waals surface area contributed by atoms with Crippen molar-refractivity contribution in [3.8, 4) is 5.75 Å². The molecule has 1 saturated heterocycles. The number of ether oxygens (including phenoxy) is 1. The number of rotatable bonds is 5. The highest BCUT2D eigenvalue weighted by atomic mass is 32.1. The number of hydrogen-bond donors (Lipinski definition) is 0. The second kappa shape index (κ2) is 8.34. The molecule has 29 heavy (non-hydrogen) atoms. The van der Waals surface area contributed by atoms with E-state index in [1.807, 2.05) is 41.5 Å². The zero-order valence-corrected chi connectivity index (χ0v) is 17.4. The van der Waals surface area contributed by atoms with Crippen LogP contribution in [0, 0.1) is 6.92 Å². The normalized spacial score (nSPS) is 16.1. The van der Waals surface area contributed by atoms with Crippen LogP contribution in [0.15, 0.2) is 46.7 Å². The van der Waals surface area contributed by atoms with Gasteiger partial charge in [0.1, 0.15) is 5.75 Å². The van der Waals surface area contributed by atoms with Gasteiger partial charge in [0, 0.05) is 50.4 Å². The molecule has 8 heteroatoms. The third kappa shape index (κ3) is 4.49. The molecular formula is C21H24N4O3S. The average Bonchev–Trinajstić information content (AvgIpc) is 3.19. The number of aromatic nitrogens is 2. The van der Waals surface area contributed by atoms with Gasteiger partial charge in [-0.3, -0.25) is 18.9 Å². The van der Waals surface area contributed by atoms with Crippen LogP contribution < -0.4 is 10.3 Å². The quantitative estimate of drug-likeness (QED) is 0.643. The van der Waals surface area contributed by atoms with Crippen molar-refractivity contribution in [2.24, 2.45) is 0 Å². The highest BCUT2D eigenvalue weighted by Crippen LogP contribution is 2.15. The molecule has 1 aliphatic rings. The highest BCUT2D eigenvalue weighted by molar-refractivity contribution is 7.15. The Morgan fingerprint density at radius 3 is 2.66 bits per heavy atom. The van der Waals surface area contributed by atoms with E-state index in [1.165, 1.54) is 11.3 Å². The Kier molecular flexibility index (Phi) is 5.64. The number of benzene rings is 1. The zero-order chi connectivity index (χ0) is 20.4. The molecule has 4 rings (SSSR count). The number of nitrogens with zero attached hydrogens (tertiary/aromatic N) is 4. The zero-order valence-electron chi connectivity index (χ0n) is 16.6. The number of thiazole rings is 1. The fourth-order valence-electron chi connectivity index (χ4n) is 3.45. The van der Waals surface area contributed by atoms with Crippen LogP contribution in [0.1, 0.15) is 18.2 Å². The third-order valence-electron chi connectivity index (χ3n) is 5.11. The second-order valence-corrected chi connectivity index (χ2v) is 8.19. The number of carbonyl (C=O) groups is 1. The predicted octanol–water partition coefficient (Wildman–Crippen LogP) is 2.18. The minimum atomic E-state index is -0.521. The van der Waals surface area contributed by atoms with Gasteiger partial charge in [-0.2, -0.15) is 0 Å². The Morgan fingerprint density at radius 2 is 1.93 bits per heavy atom. The second-order valence-electron chi connectivity index (χ2n) is 7.32. The summed E-state index contributed by atoms with van der Waals surface area (Å²) in [5.41, 5.74) is 1.87. The van der Waals surface area contributed by atoms with Crippen LogP contribution in [-0.2, 0) is 11.3 Å². The van der Waals surface area contributed by atoms with Crippen LogP contribution in [0.5, 0.6) is 5.75 Å². The van der Waals surface area contributed by atoms with Gasteiger partial charge in [-0.25, -0.2) is 4.98 Å². The molecule has 0 N–H and O–H groups in total. The number of fused-ring (bicyclic) bond motifs is 1. The van der Waals surface area contributed by atoms with Crippen LogP contribution in [0.4, 0.5) is 0 Å². The Hall–Kier alpha value is -2.71. The van der Waals surface area contributed by atoms with Gasteiger partial charge in [-0.15, -0.1) is 11.3 Å². The van der Waals surface area contributed by atoms with Crippen LogP contribution in [-0.4, -0.2) is 57.4 Å². The number of amides is 1. The molecule has 1 amide bonds. The lowest BCUT2D eigenvalue weighted by Gasteiger charge is -2.35. The van der Waals surface area contributed by atoms with Crippen molar-refractivity contribution in [3.05, 3.63) is 63.5 Å². The van der Waals surface area contributed by atoms with Crippen molar-refractivity contribution in [2.75, 3.05) is 26.2 Å². The number of aryl methyl sites for hydroxylation is 1. The minimum Gasteiger partial charge on any atom is -0.481 e. The van der Waals surface area contributed by atoms with Crippen molar-refractivity contribution in [1.29, 1.82) is 0 Å². The third-order valence-corrected chi connectivity index (χ3v) is 5.86. The van der Waals surface area contributed by atoms with Crippen molar-refractivity contribution in [2.45, 2.75) is 26.5 Å². The van der Waals surface area contributed by atoms with Crippen LogP contribution in [0.3, 0.4) is 0 Å². The SMILES string of the molecule is Cc1ccc(O[C@@H](C)C(=O)N2CCN(Cc3cc(=O)n4ccsc4n3)CC2)cc1. The molecule has 0 radical (unpaired) electrons. The molecule has 1 aliphatic heterocycles. The van der Waals surface area contributed by atoms with E-state index in [4.69, 9.17) is 4.74 Å². The van der Waals surface area contributed by atoms with E-state index in [9.17, 15) is 9.59 Å². The molecule has 7 nitrogen and oxygen atoms in total. The monoisotopic (exact) mass is 412 g/mol. The van der Waals surface area contributed by atoms with E-state index in [0.29, 0.717) is 30.3 Å². The Morgan fingerprint density at radius 1 is 1.21 bits per heavy atom. The summed E-state index contributed by atoms with van der Waals surface area (Å²) in [7, 11) is 0. The van der Waals surface area contributed by atoms with Crippen molar-refractivity contribution in [1.82, 2.24) is 19.2 Å². The van der Waals surface area contributed by atoms with Gasteiger partial charge in [-0.1, -0.05) is 17.7 Å². The van der Waals surface area contributed by atoms with Gasteiger partial charge in [-0.05, 0) is 26.0 Å². The molecule has 0 saturated carbocycles. The topological polar surface area (TPSA) is 67.2 Å².